The van der Waals surface area contributed by atoms with E-state index in [-0.39, 0.29) is 28.6 Å². The maximum Gasteiger partial charge on any atom is 0.289 e. The summed E-state index contributed by atoms with van der Waals surface area (Å²) in [5.74, 6) is 0.108. The van der Waals surface area contributed by atoms with E-state index >= 15 is 0 Å². The Morgan fingerprint density at radius 1 is 1.12 bits per heavy atom. The lowest BCUT2D eigenvalue weighted by molar-refractivity contribution is -0.384. The van der Waals surface area contributed by atoms with Gasteiger partial charge < -0.3 is 14.8 Å². The minimum atomic E-state index is -0.742. The molecule has 0 bridgehead atoms. The topological polar surface area (TPSA) is 114 Å². The van der Waals surface area contributed by atoms with Crippen molar-refractivity contribution in [1.29, 1.82) is 5.26 Å². The highest BCUT2D eigenvalue weighted by Crippen LogP contribution is 2.31. The second kappa shape index (κ2) is 11.2. The van der Waals surface area contributed by atoms with Crippen molar-refractivity contribution in [1.82, 2.24) is 0 Å². The molecule has 0 saturated carbocycles. The van der Waals surface area contributed by atoms with Gasteiger partial charge in [-0.15, -0.1) is 0 Å². The first-order valence-corrected chi connectivity index (χ1v) is 10.5. The Labute approximate surface area is 205 Å². The number of hydrogen-bond donors (Lipinski definition) is 1. The van der Waals surface area contributed by atoms with E-state index in [0.29, 0.717) is 22.1 Å². The van der Waals surface area contributed by atoms with Gasteiger partial charge >= 0.3 is 0 Å². The van der Waals surface area contributed by atoms with Gasteiger partial charge in [0.1, 0.15) is 23.3 Å². The van der Waals surface area contributed by atoms with Crippen molar-refractivity contribution in [3.8, 4) is 17.6 Å². The quantitative estimate of drug-likeness (QED) is 0.175. The van der Waals surface area contributed by atoms with Crippen LogP contribution in [0.2, 0.25) is 10.0 Å². The molecule has 1 amide bonds. The summed E-state index contributed by atoms with van der Waals surface area (Å²) in [5, 5.41) is 23.5. The Morgan fingerprint density at radius 2 is 1.88 bits per heavy atom. The summed E-state index contributed by atoms with van der Waals surface area (Å²) < 4.78 is 11.2. The van der Waals surface area contributed by atoms with E-state index in [4.69, 9.17) is 32.7 Å². The normalized spacial score (nSPS) is 10.8. The Bertz CT molecular complexity index is 1320. The summed E-state index contributed by atoms with van der Waals surface area (Å²) in [6.45, 7) is 0.185. The lowest BCUT2D eigenvalue weighted by Gasteiger charge is -2.12. The summed E-state index contributed by atoms with van der Waals surface area (Å²) in [5.41, 5.74) is 0.822. The molecule has 0 unspecified atom stereocenters. The summed E-state index contributed by atoms with van der Waals surface area (Å²) in [7, 11) is 1.49. The molecule has 0 saturated heterocycles. The zero-order chi connectivity index (χ0) is 24.7. The number of nitro benzene ring substituents is 1. The Kier molecular flexibility index (Phi) is 8.09. The standard InChI is InChI=1S/C24H17Cl2N3O5/c1-33-22-9-6-15(11-23(22)34-14-16-4-2-3-5-19(16)25)10-17(13-27)24(30)28-18-7-8-20(26)21(12-18)29(31)32/h2-12H,14H2,1H3,(H,28,30)/b17-10+. The van der Waals surface area contributed by atoms with Gasteiger partial charge in [-0.3, -0.25) is 14.9 Å². The Hall–Kier alpha value is -4.06. The molecule has 0 aliphatic rings. The van der Waals surface area contributed by atoms with Crippen molar-refractivity contribution in [2.75, 3.05) is 12.4 Å². The first-order valence-electron chi connectivity index (χ1n) is 9.73. The van der Waals surface area contributed by atoms with Crippen LogP contribution in [0.5, 0.6) is 11.5 Å². The van der Waals surface area contributed by atoms with Crippen molar-refractivity contribution < 1.29 is 19.2 Å². The van der Waals surface area contributed by atoms with Crippen LogP contribution < -0.4 is 14.8 Å². The van der Waals surface area contributed by atoms with Gasteiger partial charge in [-0.1, -0.05) is 47.5 Å². The number of carbonyl (C=O) groups is 1. The molecule has 0 atom stereocenters. The van der Waals surface area contributed by atoms with Crippen LogP contribution in [0.4, 0.5) is 11.4 Å². The molecule has 3 aromatic carbocycles. The molecule has 172 valence electrons. The molecule has 1 N–H and O–H groups in total. The number of hydrogen-bond acceptors (Lipinski definition) is 6. The van der Waals surface area contributed by atoms with E-state index in [0.717, 1.165) is 11.6 Å². The van der Waals surface area contributed by atoms with Gasteiger partial charge in [0.15, 0.2) is 11.5 Å². The zero-order valence-electron chi connectivity index (χ0n) is 17.7. The number of carbonyl (C=O) groups excluding carboxylic acids is 1. The highest BCUT2D eigenvalue weighted by atomic mass is 35.5. The van der Waals surface area contributed by atoms with Gasteiger partial charge in [0.2, 0.25) is 0 Å². The predicted octanol–water partition coefficient (Wildman–Crippen LogP) is 6.03. The molecule has 3 aromatic rings. The van der Waals surface area contributed by atoms with Crippen molar-refractivity contribution in [3.05, 3.63) is 97.5 Å². The second-order valence-electron chi connectivity index (χ2n) is 6.84. The number of nitriles is 1. The Balaban J connectivity index is 1.82. The third-order valence-corrected chi connectivity index (χ3v) is 5.29. The van der Waals surface area contributed by atoms with E-state index in [9.17, 15) is 20.2 Å². The molecule has 3 rings (SSSR count). The Morgan fingerprint density at radius 3 is 2.56 bits per heavy atom. The maximum atomic E-state index is 12.6. The first kappa shape index (κ1) is 24.6. The number of nitrogens with zero attached hydrogens (tertiary/aromatic N) is 2. The van der Waals surface area contributed by atoms with Crippen LogP contribution in [0.1, 0.15) is 11.1 Å². The van der Waals surface area contributed by atoms with Crippen LogP contribution in [0.15, 0.2) is 66.2 Å². The van der Waals surface area contributed by atoms with Gasteiger partial charge in [-0.2, -0.15) is 5.26 Å². The molecule has 0 heterocycles. The summed E-state index contributed by atoms with van der Waals surface area (Å²) in [6, 6.07) is 17.8. The van der Waals surface area contributed by atoms with Crippen molar-refractivity contribution >= 4 is 46.6 Å². The highest BCUT2D eigenvalue weighted by Gasteiger charge is 2.16. The van der Waals surface area contributed by atoms with E-state index in [1.54, 1.807) is 24.3 Å². The van der Waals surface area contributed by atoms with Crippen LogP contribution in [-0.2, 0) is 11.4 Å². The number of benzene rings is 3. The average molecular weight is 498 g/mol. The van der Waals surface area contributed by atoms with Crippen molar-refractivity contribution in [2.24, 2.45) is 0 Å². The smallest absolute Gasteiger partial charge is 0.289 e. The molecular formula is C24H17Cl2N3O5. The largest absolute Gasteiger partial charge is 0.493 e. The number of ether oxygens (including phenoxy) is 2. The number of halogens is 2. The minimum Gasteiger partial charge on any atom is -0.493 e. The van der Waals surface area contributed by atoms with Gasteiger partial charge in [-0.05, 0) is 42.0 Å². The molecule has 0 spiro atoms. The van der Waals surface area contributed by atoms with E-state index in [1.807, 2.05) is 24.3 Å². The molecule has 10 heteroatoms. The molecular weight excluding hydrogens is 481 g/mol. The number of nitrogens with one attached hydrogen (secondary N) is 1. The molecule has 0 aliphatic heterocycles. The summed E-state index contributed by atoms with van der Waals surface area (Å²) in [6.07, 6.45) is 1.36. The van der Waals surface area contributed by atoms with E-state index in [1.165, 1.54) is 25.3 Å². The van der Waals surface area contributed by atoms with Crippen LogP contribution in [0, 0.1) is 21.4 Å². The number of methoxy groups -OCH3 is 1. The van der Waals surface area contributed by atoms with Crippen LogP contribution in [-0.4, -0.2) is 17.9 Å². The number of amides is 1. The number of nitro groups is 1. The minimum absolute atomic E-state index is 0.0680. The number of rotatable bonds is 8. The predicted molar refractivity (Wildman–Crippen MR) is 129 cm³/mol. The molecule has 0 aromatic heterocycles. The van der Waals surface area contributed by atoms with Crippen molar-refractivity contribution in [3.63, 3.8) is 0 Å². The SMILES string of the molecule is COc1ccc(/C=C(\C#N)C(=O)Nc2ccc(Cl)c([N+](=O)[O-])c2)cc1OCc1ccccc1Cl. The molecule has 0 fully saturated rings. The molecule has 0 radical (unpaired) electrons. The van der Waals surface area contributed by atoms with E-state index in [2.05, 4.69) is 5.32 Å². The van der Waals surface area contributed by atoms with E-state index < -0.39 is 10.8 Å². The van der Waals surface area contributed by atoms with Gasteiger partial charge in [0.25, 0.3) is 11.6 Å². The third-order valence-electron chi connectivity index (χ3n) is 4.61. The second-order valence-corrected chi connectivity index (χ2v) is 7.65. The van der Waals surface area contributed by atoms with Gasteiger partial charge in [-0.25, -0.2) is 0 Å². The van der Waals surface area contributed by atoms with Crippen LogP contribution >= 0.6 is 23.2 Å². The zero-order valence-corrected chi connectivity index (χ0v) is 19.3. The van der Waals surface area contributed by atoms with Crippen molar-refractivity contribution in [2.45, 2.75) is 6.61 Å². The molecule has 34 heavy (non-hydrogen) atoms. The summed E-state index contributed by atoms with van der Waals surface area (Å²) >= 11 is 12.0. The summed E-state index contributed by atoms with van der Waals surface area (Å²) in [4.78, 5) is 23.0. The maximum absolute atomic E-state index is 12.6. The average Bonchev–Trinajstić information content (AvgIpc) is 2.83. The fourth-order valence-electron chi connectivity index (χ4n) is 2.91. The number of anilines is 1. The van der Waals surface area contributed by atoms with Gasteiger partial charge in [0.05, 0.1) is 12.0 Å². The fraction of sp³-hybridized carbons (Fsp3) is 0.0833. The van der Waals surface area contributed by atoms with Gasteiger partial charge in [0, 0.05) is 22.3 Å². The fourth-order valence-corrected chi connectivity index (χ4v) is 3.29. The molecule has 0 aliphatic carbocycles. The highest BCUT2D eigenvalue weighted by molar-refractivity contribution is 6.32. The lowest BCUT2D eigenvalue weighted by Crippen LogP contribution is -2.13. The lowest BCUT2D eigenvalue weighted by atomic mass is 10.1. The monoisotopic (exact) mass is 497 g/mol. The van der Waals surface area contributed by atoms with Crippen LogP contribution in [0.3, 0.4) is 0 Å². The first-order chi connectivity index (χ1) is 16.3. The third kappa shape index (κ3) is 6.04. The molecule has 8 nitrogen and oxygen atoms in total. The van der Waals surface area contributed by atoms with Crippen LogP contribution in [0.25, 0.3) is 6.08 Å².